The van der Waals surface area contributed by atoms with Gasteiger partial charge < -0.3 is 5.32 Å². The molecule has 2 rings (SSSR count). The van der Waals surface area contributed by atoms with Crippen molar-refractivity contribution in [3.8, 4) is 0 Å². The molecule has 18 heavy (non-hydrogen) atoms. The van der Waals surface area contributed by atoms with Crippen LogP contribution < -0.4 is 5.32 Å². The number of hydrogen-bond donors (Lipinski definition) is 1. The fourth-order valence-electron chi connectivity index (χ4n) is 2.41. The monoisotopic (exact) mass is 245 g/mol. The predicted octanol–water partition coefficient (Wildman–Crippen LogP) is 3.42. The van der Waals surface area contributed by atoms with Gasteiger partial charge in [-0.15, -0.1) is 0 Å². The smallest absolute Gasteiger partial charge is 0.0709 e. The lowest BCUT2D eigenvalue weighted by molar-refractivity contribution is 0.472. The average molecular weight is 245 g/mol. The highest BCUT2D eigenvalue weighted by Crippen LogP contribution is 2.24. The zero-order valence-corrected chi connectivity index (χ0v) is 11.6. The topological polar surface area (TPSA) is 29.3 Å². The second-order valence-electron chi connectivity index (χ2n) is 5.30. The minimum atomic E-state index is 0.406. The molecule has 3 nitrogen and oxygen atoms in total. The number of rotatable bonds is 6. The van der Waals surface area contributed by atoms with Gasteiger partial charge in [0, 0.05) is 17.8 Å². The van der Waals surface area contributed by atoms with E-state index < -0.39 is 0 Å². The summed E-state index contributed by atoms with van der Waals surface area (Å²) in [7, 11) is 2.03. The average Bonchev–Trinajstić information content (AvgIpc) is 2.78. The minimum Gasteiger partial charge on any atom is -0.313 e. The van der Waals surface area contributed by atoms with Crippen LogP contribution in [0.5, 0.6) is 0 Å². The summed E-state index contributed by atoms with van der Waals surface area (Å²) in [6.07, 6.45) is 7.71. The molecule has 98 valence electrons. The molecule has 0 saturated heterocycles. The Morgan fingerprint density at radius 3 is 2.83 bits per heavy atom. The summed E-state index contributed by atoms with van der Waals surface area (Å²) in [5, 5.41) is 7.82. The van der Waals surface area contributed by atoms with E-state index in [2.05, 4.69) is 36.4 Å². The number of hydrogen-bond acceptors (Lipinski definition) is 2. The van der Waals surface area contributed by atoms with Crippen molar-refractivity contribution in [2.75, 3.05) is 7.05 Å². The van der Waals surface area contributed by atoms with E-state index in [0.29, 0.717) is 6.04 Å². The third kappa shape index (κ3) is 2.91. The maximum atomic E-state index is 4.41. The van der Waals surface area contributed by atoms with E-state index >= 15 is 0 Å². The number of pyridine rings is 1. The van der Waals surface area contributed by atoms with Crippen molar-refractivity contribution in [1.29, 1.82) is 0 Å². The summed E-state index contributed by atoms with van der Waals surface area (Å²) in [5.74, 6) is 0.784. The van der Waals surface area contributed by atoms with Crippen LogP contribution in [0.3, 0.4) is 0 Å². The van der Waals surface area contributed by atoms with Crippen LogP contribution in [0.2, 0.25) is 0 Å². The van der Waals surface area contributed by atoms with Gasteiger partial charge in [0.05, 0.1) is 11.7 Å². The molecule has 2 aromatic rings. The molecule has 0 aliphatic heterocycles. The van der Waals surface area contributed by atoms with Gasteiger partial charge in [-0.05, 0) is 31.5 Å². The van der Waals surface area contributed by atoms with Crippen LogP contribution in [0, 0.1) is 5.92 Å². The van der Waals surface area contributed by atoms with E-state index in [1.807, 2.05) is 30.0 Å². The molecule has 0 aromatic carbocycles. The SMILES string of the molecule is CNC(CCCC(C)C)c1cnn2ccccc12. The fourth-order valence-corrected chi connectivity index (χ4v) is 2.41. The molecule has 1 atom stereocenters. The lowest BCUT2D eigenvalue weighted by atomic mass is 9.99. The number of aromatic nitrogens is 2. The lowest BCUT2D eigenvalue weighted by Gasteiger charge is -2.15. The van der Waals surface area contributed by atoms with Crippen LogP contribution in [0.1, 0.15) is 44.7 Å². The Morgan fingerprint density at radius 2 is 2.11 bits per heavy atom. The number of nitrogens with one attached hydrogen (secondary N) is 1. The second kappa shape index (κ2) is 6.01. The minimum absolute atomic E-state index is 0.406. The molecule has 2 aromatic heterocycles. The maximum absolute atomic E-state index is 4.41. The van der Waals surface area contributed by atoms with Gasteiger partial charge >= 0.3 is 0 Å². The highest BCUT2D eigenvalue weighted by Gasteiger charge is 2.14. The van der Waals surface area contributed by atoms with Crippen LogP contribution in [-0.4, -0.2) is 16.7 Å². The molecule has 0 radical (unpaired) electrons. The Kier molecular flexibility index (Phi) is 4.37. The molecule has 2 heterocycles. The summed E-state index contributed by atoms with van der Waals surface area (Å²) >= 11 is 0. The molecule has 0 bridgehead atoms. The maximum Gasteiger partial charge on any atom is 0.0709 e. The molecular weight excluding hydrogens is 222 g/mol. The third-order valence-corrected chi connectivity index (χ3v) is 3.45. The van der Waals surface area contributed by atoms with Crippen molar-refractivity contribution in [3.63, 3.8) is 0 Å². The van der Waals surface area contributed by atoms with Gasteiger partial charge in [0.1, 0.15) is 0 Å². The van der Waals surface area contributed by atoms with Crippen molar-refractivity contribution in [1.82, 2.24) is 14.9 Å². The molecule has 1 N–H and O–H groups in total. The Hall–Kier alpha value is -1.35. The van der Waals surface area contributed by atoms with E-state index in [0.717, 1.165) is 5.92 Å². The zero-order valence-electron chi connectivity index (χ0n) is 11.6. The van der Waals surface area contributed by atoms with Crippen molar-refractivity contribution in [2.24, 2.45) is 5.92 Å². The molecule has 0 saturated carbocycles. The molecule has 0 spiro atoms. The van der Waals surface area contributed by atoms with Gasteiger partial charge in [0.15, 0.2) is 0 Å². The van der Waals surface area contributed by atoms with Crippen molar-refractivity contribution in [3.05, 3.63) is 36.2 Å². The van der Waals surface area contributed by atoms with Gasteiger partial charge in [-0.2, -0.15) is 5.10 Å². The van der Waals surface area contributed by atoms with E-state index in [1.165, 1.54) is 30.3 Å². The first kappa shape index (κ1) is 13.1. The first-order valence-electron chi connectivity index (χ1n) is 6.82. The highest BCUT2D eigenvalue weighted by atomic mass is 15.2. The number of fused-ring (bicyclic) bond motifs is 1. The molecular formula is C15H23N3. The van der Waals surface area contributed by atoms with Gasteiger partial charge in [-0.3, -0.25) is 0 Å². The van der Waals surface area contributed by atoms with E-state index in [4.69, 9.17) is 0 Å². The van der Waals surface area contributed by atoms with Gasteiger partial charge in [0.25, 0.3) is 0 Å². The van der Waals surface area contributed by atoms with Crippen molar-refractivity contribution in [2.45, 2.75) is 39.2 Å². The Morgan fingerprint density at radius 1 is 1.28 bits per heavy atom. The van der Waals surface area contributed by atoms with Gasteiger partial charge in [0.2, 0.25) is 0 Å². The van der Waals surface area contributed by atoms with Crippen LogP contribution in [0.15, 0.2) is 30.6 Å². The van der Waals surface area contributed by atoms with E-state index in [1.54, 1.807) is 0 Å². The molecule has 0 aliphatic carbocycles. The molecule has 0 amide bonds. The molecule has 0 aliphatic rings. The van der Waals surface area contributed by atoms with E-state index in [-0.39, 0.29) is 0 Å². The van der Waals surface area contributed by atoms with Crippen molar-refractivity contribution < 1.29 is 0 Å². The normalized spacial score (nSPS) is 13.3. The van der Waals surface area contributed by atoms with Crippen LogP contribution >= 0.6 is 0 Å². The quantitative estimate of drug-likeness (QED) is 0.845. The first-order chi connectivity index (χ1) is 8.72. The largest absolute Gasteiger partial charge is 0.313 e. The summed E-state index contributed by atoms with van der Waals surface area (Å²) < 4.78 is 1.95. The Bertz CT molecular complexity index is 487. The van der Waals surface area contributed by atoms with Crippen molar-refractivity contribution >= 4 is 5.52 Å². The molecule has 1 unspecified atom stereocenters. The first-order valence-corrected chi connectivity index (χ1v) is 6.82. The lowest BCUT2D eigenvalue weighted by Crippen LogP contribution is -2.16. The van der Waals surface area contributed by atoms with Crippen LogP contribution in [0.25, 0.3) is 5.52 Å². The summed E-state index contributed by atoms with van der Waals surface area (Å²) in [6.45, 7) is 4.56. The Labute approximate surface area is 109 Å². The standard InChI is InChI=1S/C15H23N3/c1-12(2)7-6-8-14(16-3)13-11-17-18-10-5-4-9-15(13)18/h4-5,9-12,14,16H,6-8H2,1-3H3. The fraction of sp³-hybridized carbons (Fsp3) is 0.533. The Balaban J connectivity index is 2.12. The second-order valence-corrected chi connectivity index (χ2v) is 5.30. The highest BCUT2D eigenvalue weighted by molar-refractivity contribution is 5.54. The van der Waals surface area contributed by atoms with Crippen LogP contribution in [0.4, 0.5) is 0 Å². The van der Waals surface area contributed by atoms with Crippen LogP contribution in [-0.2, 0) is 0 Å². The molecule has 0 fully saturated rings. The summed E-state index contributed by atoms with van der Waals surface area (Å²) in [6, 6.07) is 6.62. The summed E-state index contributed by atoms with van der Waals surface area (Å²) in [5.41, 5.74) is 2.52. The third-order valence-electron chi connectivity index (χ3n) is 3.45. The van der Waals surface area contributed by atoms with Gasteiger partial charge in [-0.1, -0.05) is 32.8 Å². The predicted molar refractivity (Wildman–Crippen MR) is 75.7 cm³/mol. The van der Waals surface area contributed by atoms with E-state index in [9.17, 15) is 0 Å². The van der Waals surface area contributed by atoms with Gasteiger partial charge in [-0.25, -0.2) is 4.52 Å². The zero-order chi connectivity index (χ0) is 13.0. The number of nitrogens with zero attached hydrogens (tertiary/aromatic N) is 2. The molecule has 3 heteroatoms. The summed E-state index contributed by atoms with van der Waals surface area (Å²) in [4.78, 5) is 0.